The number of thiophene rings is 1. The second-order valence-electron chi connectivity index (χ2n) is 6.47. The topological polar surface area (TPSA) is 76.9 Å². The highest BCUT2D eigenvalue weighted by atomic mass is 35.5. The van der Waals surface area contributed by atoms with Crippen molar-refractivity contribution in [3.63, 3.8) is 0 Å². The number of allylic oxidation sites excluding steroid dienone is 1. The van der Waals surface area contributed by atoms with Crippen LogP contribution in [0.25, 0.3) is 20.7 Å². The summed E-state index contributed by atoms with van der Waals surface area (Å²) in [5.74, 6) is -0.201. The van der Waals surface area contributed by atoms with E-state index in [-0.39, 0.29) is 22.4 Å². The SMILES string of the molecule is C=CCn1c(SCC(=O)Nc2cccnc2Cl)nc2sc(-c3ccccc3)cc2c1=O. The number of halogens is 1. The Morgan fingerprint density at radius 1 is 1.26 bits per heavy atom. The molecule has 0 aliphatic heterocycles. The van der Waals surface area contributed by atoms with Crippen molar-refractivity contribution in [3.05, 3.63) is 82.9 Å². The summed E-state index contributed by atoms with van der Waals surface area (Å²) < 4.78 is 1.53. The van der Waals surface area contributed by atoms with Crippen LogP contribution in [-0.4, -0.2) is 26.2 Å². The van der Waals surface area contributed by atoms with Crippen molar-refractivity contribution in [3.8, 4) is 10.4 Å². The minimum absolute atomic E-state index is 0.0667. The molecule has 0 radical (unpaired) electrons. The van der Waals surface area contributed by atoms with Gasteiger partial charge in [-0.15, -0.1) is 17.9 Å². The quantitative estimate of drug-likeness (QED) is 0.177. The third-order valence-electron chi connectivity index (χ3n) is 4.35. The zero-order valence-electron chi connectivity index (χ0n) is 16.2. The minimum Gasteiger partial charge on any atom is -0.323 e. The molecule has 3 heterocycles. The Bertz CT molecular complexity index is 1320. The van der Waals surface area contributed by atoms with E-state index >= 15 is 0 Å². The largest absolute Gasteiger partial charge is 0.323 e. The van der Waals surface area contributed by atoms with Gasteiger partial charge in [-0.05, 0) is 23.8 Å². The molecule has 6 nitrogen and oxygen atoms in total. The number of benzene rings is 1. The predicted octanol–water partition coefficient (Wildman–Crippen LogP) is 5.09. The van der Waals surface area contributed by atoms with Gasteiger partial charge in [-0.3, -0.25) is 14.2 Å². The number of nitrogens with one attached hydrogen (secondary N) is 1. The second-order valence-corrected chi connectivity index (χ2v) is 8.80. The van der Waals surface area contributed by atoms with Gasteiger partial charge >= 0.3 is 0 Å². The molecule has 0 atom stereocenters. The molecule has 1 amide bonds. The molecular formula is C22H17ClN4O2S2. The Morgan fingerprint density at radius 2 is 2.06 bits per heavy atom. The maximum absolute atomic E-state index is 13.1. The van der Waals surface area contributed by atoms with E-state index in [4.69, 9.17) is 11.6 Å². The van der Waals surface area contributed by atoms with Gasteiger partial charge < -0.3 is 5.32 Å². The highest BCUT2D eigenvalue weighted by Crippen LogP contribution is 2.32. The lowest BCUT2D eigenvalue weighted by atomic mass is 10.2. The Kier molecular flexibility index (Phi) is 6.50. The van der Waals surface area contributed by atoms with Crippen molar-refractivity contribution in [2.75, 3.05) is 11.1 Å². The van der Waals surface area contributed by atoms with Gasteiger partial charge in [-0.2, -0.15) is 0 Å². The minimum atomic E-state index is -0.268. The number of rotatable bonds is 7. The van der Waals surface area contributed by atoms with Gasteiger partial charge in [0.2, 0.25) is 5.91 Å². The number of hydrogen-bond acceptors (Lipinski definition) is 6. The molecular weight excluding hydrogens is 452 g/mol. The van der Waals surface area contributed by atoms with Crippen molar-refractivity contribution in [2.24, 2.45) is 0 Å². The smallest absolute Gasteiger partial charge is 0.263 e. The molecule has 0 fully saturated rings. The first-order valence-corrected chi connectivity index (χ1v) is 11.5. The molecule has 9 heteroatoms. The molecule has 1 N–H and O–H groups in total. The first-order chi connectivity index (χ1) is 15.1. The molecule has 0 bridgehead atoms. The summed E-state index contributed by atoms with van der Waals surface area (Å²) in [7, 11) is 0. The fourth-order valence-electron chi connectivity index (χ4n) is 2.94. The van der Waals surface area contributed by atoms with E-state index in [0.717, 1.165) is 10.4 Å². The third-order valence-corrected chi connectivity index (χ3v) is 6.71. The Morgan fingerprint density at radius 3 is 2.81 bits per heavy atom. The zero-order valence-corrected chi connectivity index (χ0v) is 18.6. The number of fused-ring (bicyclic) bond motifs is 1. The van der Waals surface area contributed by atoms with Gasteiger partial charge in [-0.1, -0.05) is 59.8 Å². The number of carbonyl (C=O) groups is 1. The monoisotopic (exact) mass is 468 g/mol. The number of thioether (sulfide) groups is 1. The summed E-state index contributed by atoms with van der Waals surface area (Å²) in [6, 6.07) is 15.1. The van der Waals surface area contributed by atoms with Crippen molar-refractivity contribution in [1.82, 2.24) is 14.5 Å². The highest BCUT2D eigenvalue weighted by molar-refractivity contribution is 7.99. The van der Waals surface area contributed by atoms with Crippen LogP contribution in [0.1, 0.15) is 0 Å². The first kappa shape index (κ1) is 21.3. The van der Waals surface area contributed by atoms with Crippen LogP contribution in [0, 0.1) is 0 Å². The van der Waals surface area contributed by atoms with Crippen LogP contribution >= 0.6 is 34.7 Å². The molecule has 0 aliphatic carbocycles. The van der Waals surface area contributed by atoms with Crippen LogP contribution in [0.15, 0.2) is 77.3 Å². The summed E-state index contributed by atoms with van der Waals surface area (Å²) in [5, 5.41) is 3.96. The Labute approximate surface area is 191 Å². The summed E-state index contributed by atoms with van der Waals surface area (Å²) in [4.78, 5) is 35.7. The number of anilines is 1. The van der Waals surface area contributed by atoms with Crippen LogP contribution in [0.4, 0.5) is 5.69 Å². The van der Waals surface area contributed by atoms with E-state index in [1.165, 1.54) is 27.7 Å². The van der Waals surface area contributed by atoms with Gasteiger partial charge in [0.05, 0.1) is 16.8 Å². The van der Waals surface area contributed by atoms with Crippen LogP contribution < -0.4 is 10.9 Å². The maximum atomic E-state index is 13.1. The lowest BCUT2D eigenvalue weighted by molar-refractivity contribution is -0.113. The Hall–Kier alpha value is -2.94. The van der Waals surface area contributed by atoms with E-state index < -0.39 is 0 Å². The number of nitrogens with zero attached hydrogens (tertiary/aromatic N) is 3. The van der Waals surface area contributed by atoms with Gasteiger partial charge in [0.15, 0.2) is 10.3 Å². The number of pyridine rings is 1. The van der Waals surface area contributed by atoms with Gasteiger partial charge in [0, 0.05) is 17.6 Å². The summed E-state index contributed by atoms with van der Waals surface area (Å²) in [6.07, 6.45) is 3.18. The molecule has 4 rings (SSSR count). The molecule has 0 saturated heterocycles. The highest BCUT2D eigenvalue weighted by Gasteiger charge is 2.16. The molecule has 0 unspecified atom stereocenters. The number of aromatic nitrogens is 3. The summed E-state index contributed by atoms with van der Waals surface area (Å²) in [5.41, 5.74) is 1.32. The standard InChI is InChI=1S/C22H17ClN4O2S2/c1-2-11-27-21(29)15-12-17(14-7-4-3-5-8-14)31-20(15)26-22(27)30-13-18(28)25-16-9-6-10-24-19(16)23/h2-10,12H,1,11,13H2,(H,25,28). The lowest BCUT2D eigenvalue weighted by Gasteiger charge is -2.10. The van der Waals surface area contributed by atoms with Crippen molar-refractivity contribution < 1.29 is 4.79 Å². The van der Waals surface area contributed by atoms with Crippen LogP contribution in [0.5, 0.6) is 0 Å². The van der Waals surface area contributed by atoms with Gasteiger partial charge in [0.25, 0.3) is 5.56 Å². The number of hydrogen-bond donors (Lipinski definition) is 1. The van der Waals surface area contributed by atoms with Gasteiger partial charge in [0.1, 0.15) is 4.83 Å². The fraction of sp³-hybridized carbons (Fsp3) is 0.0909. The molecule has 4 aromatic rings. The molecule has 156 valence electrons. The molecule has 0 saturated carbocycles. The van der Waals surface area contributed by atoms with Gasteiger partial charge in [-0.25, -0.2) is 9.97 Å². The van der Waals surface area contributed by atoms with E-state index in [9.17, 15) is 9.59 Å². The average Bonchev–Trinajstić information content (AvgIpc) is 3.21. The molecule has 31 heavy (non-hydrogen) atoms. The molecule has 1 aromatic carbocycles. The van der Waals surface area contributed by atoms with Crippen molar-refractivity contribution >= 4 is 56.5 Å². The van der Waals surface area contributed by atoms with E-state index in [2.05, 4.69) is 21.9 Å². The average molecular weight is 469 g/mol. The van der Waals surface area contributed by atoms with Crippen LogP contribution in [0.3, 0.4) is 0 Å². The third kappa shape index (κ3) is 4.71. The number of carbonyl (C=O) groups excluding carboxylic acids is 1. The fourth-order valence-corrected chi connectivity index (χ4v) is 4.99. The lowest BCUT2D eigenvalue weighted by Crippen LogP contribution is -2.23. The van der Waals surface area contributed by atoms with E-state index in [1.807, 2.05) is 36.4 Å². The van der Waals surface area contributed by atoms with Crippen LogP contribution in [0.2, 0.25) is 5.15 Å². The summed E-state index contributed by atoms with van der Waals surface area (Å²) in [6.45, 7) is 4.04. The van der Waals surface area contributed by atoms with Crippen molar-refractivity contribution in [2.45, 2.75) is 11.7 Å². The summed E-state index contributed by atoms with van der Waals surface area (Å²) >= 11 is 8.63. The zero-order chi connectivity index (χ0) is 21.8. The first-order valence-electron chi connectivity index (χ1n) is 9.30. The normalized spacial score (nSPS) is 10.9. The predicted molar refractivity (Wildman–Crippen MR) is 128 cm³/mol. The van der Waals surface area contributed by atoms with E-state index in [1.54, 1.807) is 24.4 Å². The number of amides is 1. The van der Waals surface area contributed by atoms with Crippen LogP contribution in [-0.2, 0) is 11.3 Å². The second kappa shape index (κ2) is 9.47. The van der Waals surface area contributed by atoms with Crippen molar-refractivity contribution in [1.29, 1.82) is 0 Å². The Balaban J connectivity index is 1.62. The molecule has 0 spiro atoms. The maximum Gasteiger partial charge on any atom is 0.263 e. The van der Waals surface area contributed by atoms with E-state index in [0.29, 0.717) is 27.6 Å². The molecule has 3 aromatic heterocycles. The molecule has 0 aliphatic rings.